The van der Waals surface area contributed by atoms with E-state index in [1.807, 2.05) is 71.9 Å². The first-order valence-corrected chi connectivity index (χ1v) is 6.89. The summed E-state index contributed by atoms with van der Waals surface area (Å²) < 4.78 is 0. The Balaban J connectivity index is -0.0000000686. The third-order valence-corrected chi connectivity index (χ3v) is 1.98. The molecule has 0 aliphatic heterocycles. The molecule has 0 heterocycles. The molecule has 130 valence electrons. The second-order valence-corrected chi connectivity index (χ2v) is 7.31. The number of rotatable bonds is 0. The van der Waals surface area contributed by atoms with Gasteiger partial charge in [-0.3, -0.25) is 0 Å². The van der Waals surface area contributed by atoms with Crippen LogP contribution in [0.1, 0.15) is 62.3 Å². The van der Waals surface area contributed by atoms with E-state index < -0.39 is 0 Å². The van der Waals surface area contributed by atoms with Gasteiger partial charge in [-0.15, -0.1) is 0 Å². The number of hydrogen-bond donors (Lipinski definition) is 0. The monoisotopic (exact) mass is 380 g/mol. The second kappa shape index (κ2) is 16.2. The molecule has 0 spiro atoms. The van der Waals surface area contributed by atoms with Crippen molar-refractivity contribution in [2.24, 2.45) is 10.8 Å². The molecule has 0 N–H and O–H groups in total. The third kappa shape index (κ3) is 25.3. The predicted molar refractivity (Wildman–Crippen MR) is 89.6 cm³/mol. The van der Waals surface area contributed by atoms with E-state index in [0.29, 0.717) is 5.71 Å². The maximum Gasteiger partial charge on any atom is 2.00 e. The normalized spacial score (nSPS) is 9.55. The average molecular weight is 381 g/mol. The van der Waals surface area contributed by atoms with Crippen molar-refractivity contribution in [2.75, 3.05) is 0 Å². The van der Waals surface area contributed by atoms with Gasteiger partial charge in [0.1, 0.15) is 0 Å². The first-order chi connectivity index (χ1) is 8.39. The van der Waals surface area contributed by atoms with Crippen molar-refractivity contribution in [1.29, 1.82) is 0 Å². The van der Waals surface area contributed by atoms with Gasteiger partial charge >= 0.3 is 21.7 Å². The van der Waals surface area contributed by atoms with Crippen molar-refractivity contribution in [2.45, 2.75) is 62.3 Å². The number of hydrogen-bond acceptors (Lipinski definition) is 0. The summed E-state index contributed by atoms with van der Waals surface area (Å²) in [4.78, 5) is 0. The first kappa shape index (κ1) is 33.8. The first-order valence-electron chi connectivity index (χ1n) is 6.89. The molecular formula is C18H32Cl2NTi-3. The Bertz CT molecular complexity index is 284. The molecule has 1 aromatic carbocycles. The van der Waals surface area contributed by atoms with Gasteiger partial charge in [0.15, 0.2) is 0 Å². The van der Waals surface area contributed by atoms with Crippen molar-refractivity contribution in [1.82, 2.24) is 0 Å². The smallest absolute Gasteiger partial charge is 1.00 e. The van der Waals surface area contributed by atoms with Crippen LogP contribution in [-0.2, 0) is 21.7 Å². The molecule has 0 aromatic heterocycles. The van der Waals surface area contributed by atoms with Gasteiger partial charge in [-0.2, -0.15) is 44.7 Å². The maximum absolute atomic E-state index is 9.64. The van der Waals surface area contributed by atoms with Crippen LogP contribution >= 0.6 is 0 Å². The molecule has 1 rings (SSSR count). The van der Waals surface area contributed by atoms with Crippen LogP contribution in [-0.4, -0.2) is 5.71 Å². The molecule has 0 radical (unpaired) electrons. The van der Waals surface area contributed by atoms with Crippen molar-refractivity contribution in [3.05, 3.63) is 41.7 Å². The maximum atomic E-state index is 9.64. The van der Waals surface area contributed by atoms with Crippen LogP contribution in [0.15, 0.2) is 30.3 Å². The summed E-state index contributed by atoms with van der Waals surface area (Å²) in [6.07, 6.45) is 0. The van der Waals surface area contributed by atoms with Crippen LogP contribution in [0.2, 0.25) is 0 Å². The van der Waals surface area contributed by atoms with E-state index in [-0.39, 0.29) is 57.4 Å². The van der Waals surface area contributed by atoms with Gasteiger partial charge < -0.3 is 36.1 Å². The van der Waals surface area contributed by atoms with Gasteiger partial charge in [-0.05, 0) is 10.8 Å². The molecule has 0 fully saturated rings. The number of halogens is 2. The van der Waals surface area contributed by atoms with E-state index in [0.717, 1.165) is 0 Å². The van der Waals surface area contributed by atoms with Gasteiger partial charge in [0.25, 0.3) is 0 Å². The van der Waals surface area contributed by atoms with E-state index in [1.54, 1.807) is 0 Å². The standard InChI is InChI=1S/C9H18N.C5H5.C4H9.2ClH.Ti/c1-8(2,3)7(10)9(4,5)6;1-2-4-5-3-1;1-4(2)3;;;/h1-6H3;1-5H;1-3H3;2*1H;/q3*-1;;;+2/p-2. The fraction of sp³-hybridized carbons (Fsp3) is 0.611. The van der Waals surface area contributed by atoms with Crippen molar-refractivity contribution >= 4 is 5.71 Å². The molecule has 4 heteroatoms. The summed E-state index contributed by atoms with van der Waals surface area (Å²) >= 11 is 0. The third-order valence-electron chi connectivity index (χ3n) is 1.98. The molecule has 0 bridgehead atoms. The van der Waals surface area contributed by atoms with E-state index in [1.165, 1.54) is 5.92 Å². The molecule has 0 amide bonds. The molecule has 0 aliphatic carbocycles. The van der Waals surface area contributed by atoms with E-state index in [2.05, 4.69) is 20.8 Å². The summed E-state index contributed by atoms with van der Waals surface area (Å²) in [6, 6.07) is 10.0. The van der Waals surface area contributed by atoms with E-state index >= 15 is 0 Å². The van der Waals surface area contributed by atoms with E-state index in [4.69, 9.17) is 0 Å². The van der Waals surface area contributed by atoms with Crippen LogP contribution in [0.25, 0.3) is 5.41 Å². The molecule has 1 nitrogen and oxygen atoms in total. The summed E-state index contributed by atoms with van der Waals surface area (Å²) in [5.41, 5.74) is 0.399. The largest absolute Gasteiger partial charge is 2.00 e. The molecule has 0 unspecified atom stereocenters. The van der Waals surface area contributed by atoms with Gasteiger partial charge in [-0.25, -0.2) is 12.1 Å². The Morgan fingerprint density at radius 1 is 0.818 bits per heavy atom. The van der Waals surface area contributed by atoms with Gasteiger partial charge in [-0.1, -0.05) is 41.5 Å². The Morgan fingerprint density at radius 2 is 1.05 bits per heavy atom. The SMILES string of the molecule is CC(C)(C)C(=[N-])C(C)(C)C.C[C-](C)C.[Cl-].[Cl-].[Ti+2].c1cc[cH-]c1. The summed E-state index contributed by atoms with van der Waals surface area (Å²) in [5.74, 6) is 1.42. The predicted octanol–water partition coefficient (Wildman–Crippen LogP) is 0.121. The Labute approximate surface area is 166 Å². The summed E-state index contributed by atoms with van der Waals surface area (Å²) in [7, 11) is 0. The molecule has 0 saturated carbocycles. The van der Waals surface area contributed by atoms with Crippen LogP contribution in [0, 0.1) is 16.7 Å². The molecule has 0 atom stereocenters. The van der Waals surface area contributed by atoms with Crippen molar-refractivity contribution in [3.63, 3.8) is 0 Å². The van der Waals surface area contributed by atoms with Gasteiger partial charge in [0.05, 0.1) is 0 Å². The van der Waals surface area contributed by atoms with Crippen LogP contribution in [0.4, 0.5) is 0 Å². The average Bonchev–Trinajstić information content (AvgIpc) is 2.70. The number of nitrogens with zero attached hydrogens (tertiary/aromatic N) is 1. The zero-order valence-corrected chi connectivity index (χ0v) is 18.7. The minimum Gasteiger partial charge on any atom is -1.00 e. The minimum atomic E-state index is -0.0851. The molecular weight excluding hydrogens is 349 g/mol. The fourth-order valence-corrected chi connectivity index (χ4v) is 1.45. The Hall–Kier alpha value is 0.314. The molecule has 22 heavy (non-hydrogen) atoms. The van der Waals surface area contributed by atoms with Crippen molar-refractivity contribution < 1.29 is 46.5 Å². The molecule has 0 saturated heterocycles. The topological polar surface area (TPSA) is 22.3 Å². The minimum absolute atomic E-state index is 0. The summed E-state index contributed by atoms with van der Waals surface area (Å²) in [6.45, 7) is 18.4. The Kier molecular flexibility index (Phi) is 24.9. The van der Waals surface area contributed by atoms with Crippen LogP contribution < -0.4 is 24.8 Å². The van der Waals surface area contributed by atoms with Crippen LogP contribution in [0.5, 0.6) is 0 Å². The van der Waals surface area contributed by atoms with Crippen LogP contribution in [0.3, 0.4) is 0 Å². The molecule has 1 aromatic rings. The van der Waals surface area contributed by atoms with Gasteiger partial charge in [0, 0.05) is 0 Å². The molecule has 0 aliphatic rings. The fourth-order valence-electron chi connectivity index (χ4n) is 1.45. The zero-order chi connectivity index (χ0) is 15.7. The quantitative estimate of drug-likeness (QED) is 0.346. The second-order valence-electron chi connectivity index (χ2n) is 7.31. The Morgan fingerprint density at radius 3 is 1.09 bits per heavy atom. The van der Waals surface area contributed by atoms with Crippen molar-refractivity contribution in [3.8, 4) is 0 Å². The van der Waals surface area contributed by atoms with Gasteiger partial charge in [0.2, 0.25) is 0 Å². The summed E-state index contributed by atoms with van der Waals surface area (Å²) in [5, 5.41) is 9.64. The zero-order valence-electron chi connectivity index (χ0n) is 15.6. The van der Waals surface area contributed by atoms with E-state index in [9.17, 15) is 5.41 Å².